The van der Waals surface area contributed by atoms with Gasteiger partial charge in [0.2, 0.25) is 0 Å². The third-order valence-corrected chi connectivity index (χ3v) is 8.52. The van der Waals surface area contributed by atoms with Gasteiger partial charge in [0, 0.05) is 29.4 Å². The van der Waals surface area contributed by atoms with Crippen LogP contribution in [0.3, 0.4) is 0 Å². The number of nitrogens with zero attached hydrogens (tertiary/aromatic N) is 3. The second kappa shape index (κ2) is 10.0. The van der Waals surface area contributed by atoms with Crippen LogP contribution in [0.15, 0.2) is 59.6 Å². The van der Waals surface area contributed by atoms with Crippen molar-refractivity contribution < 1.29 is 12.8 Å². The third-order valence-electron chi connectivity index (χ3n) is 6.65. The summed E-state index contributed by atoms with van der Waals surface area (Å²) in [5.41, 5.74) is 16.0. The van der Waals surface area contributed by atoms with Gasteiger partial charge in [-0.2, -0.15) is 5.10 Å². The van der Waals surface area contributed by atoms with Crippen LogP contribution in [-0.4, -0.2) is 29.2 Å². The number of pyridine rings is 1. The Kier molecular flexibility index (Phi) is 6.89. The topological polar surface area (TPSA) is 129 Å². The SMILES string of the molecule is CC(C)n1nc(-c2ccc(NS(=O)(=O)c3ccccc3Cl)c(F)c2)c2c(N)ncc(C3=CCC(N)CC3)c21. The molecule has 0 saturated carbocycles. The van der Waals surface area contributed by atoms with Crippen LogP contribution in [0.4, 0.5) is 15.9 Å². The highest BCUT2D eigenvalue weighted by Crippen LogP contribution is 2.39. The Balaban J connectivity index is 1.60. The summed E-state index contributed by atoms with van der Waals surface area (Å²) < 4.78 is 45.1. The van der Waals surface area contributed by atoms with Crippen molar-refractivity contribution in [2.45, 2.75) is 50.1 Å². The molecule has 0 amide bonds. The molecule has 38 heavy (non-hydrogen) atoms. The first-order chi connectivity index (χ1) is 18.1. The van der Waals surface area contributed by atoms with Gasteiger partial charge in [0.05, 0.1) is 21.6 Å². The van der Waals surface area contributed by atoms with Crippen molar-refractivity contribution in [3.05, 3.63) is 71.1 Å². The van der Waals surface area contributed by atoms with Gasteiger partial charge in [0.25, 0.3) is 10.0 Å². The zero-order valence-electron chi connectivity index (χ0n) is 20.9. The molecule has 0 radical (unpaired) electrons. The van der Waals surface area contributed by atoms with Crippen LogP contribution in [0.2, 0.25) is 5.02 Å². The Bertz CT molecular complexity index is 1680. The predicted octanol–water partition coefficient (Wildman–Crippen LogP) is 5.75. The van der Waals surface area contributed by atoms with E-state index in [1.54, 1.807) is 24.4 Å². The molecule has 2 heterocycles. The van der Waals surface area contributed by atoms with Crippen LogP contribution in [0.25, 0.3) is 27.7 Å². The van der Waals surface area contributed by atoms with Gasteiger partial charge in [0.15, 0.2) is 0 Å². The highest BCUT2D eigenvalue weighted by molar-refractivity contribution is 7.92. The number of hydrogen-bond acceptors (Lipinski definition) is 6. The summed E-state index contributed by atoms with van der Waals surface area (Å²) in [6.07, 6.45) is 6.36. The number of benzene rings is 2. The fraction of sp³-hybridized carbons (Fsp3) is 0.259. The van der Waals surface area contributed by atoms with Gasteiger partial charge in [-0.05, 0) is 62.9 Å². The number of nitrogens with one attached hydrogen (secondary N) is 1. The quantitative estimate of drug-likeness (QED) is 0.278. The molecule has 1 aliphatic carbocycles. The van der Waals surface area contributed by atoms with Crippen LogP contribution in [0.1, 0.15) is 44.7 Å². The van der Waals surface area contributed by atoms with E-state index >= 15 is 4.39 Å². The molecule has 4 aromatic rings. The first-order valence-electron chi connectivity index (χ1n) is 12.3. The Labute approximate surface area is 225 Å². The molecule has 198 valence electrons. The standard InChI is InChI=1S/C27H28ClFN6O2S/c1-15(2)35-26-19(16-7-10-18(30)11-8-16)14-32-27(31)24(26)25(33-35)17-9-12-22(21(29)13-17)34-38(36,37)23-6-4-3-5-20(23)28/h3-7,9,12-15,18,34H,8,10-11,30H2,1-2H3,(H2,31,32). The Hall–Kier alpha value is -3.47. The van der Waals surface area contributed by atoms with E-state index in [0.717, 1.165) is 35.9 Å². The zero-order chi connectivity index (χ0) is 27.2. The van der Waals surface area contributed by atoms with Gasteiger partial charge in [-0.25, -0.2) is 17.8 Å². The highest BCUT2D eigenvalue weighted by atomic mass is 35.5. The summed E-state index contributed by atoms with van der Waals surface area (Å²) >= 11 is 6.04. The van der Waals surface area contributed by atoms with Crippen LogP contribution in [-0.2, 0) is 10.0 Å². The van der Waals surface area contributed by atoms with Crippen LogP contribution in [0.5, 0.6) is 0 Å². The minimum Gasteiger partial charge on any atom is -0.383 e. The summed E-state index contributed by atoms with van der Waals surface area (Å²) in [7, 11) is -4.10. The Morgan fingerprint density at radius 1 is 1.21 bits per heavy atom. The van der Waals surface area contributed by atoms with Crippen molar-refractivity contribution in [1.82, 2.24) is 14.8 Å². The Morgan fingerprint density at radius 3 is 2.63 bits per heavy atom. The lowest BCUT2D eigenvalue weighted by Crippen LogP contribution is -2.21. The maximum absolute atomic E-state index is 15.3. The molecule has 1 unspecified atom stereocenters. The van der Waals surface area contributed by atoms with Gasteiger partial charge in [-0.1, -0.05) is 35.9 Å². The number of sulfonamides is 1. The second-order valence-electron chi connectivity index (χ2n) is 9.66. The number of nitrogen functional groups attached to an aromatic ring is 1. The number of nitrogens with two attached hydrogens (primary N) is 2. The molecule has 1 aliphatic rings. The molecule has 0 saturated heterocycles. The van der Waals surface area contributed by atoms with Crippen LogP contribution >= 0.6 is 11.6 Å². The van der Waals surface area contributed by atoms with E-state index in [1.807, 2.05) is 18.5 Å². The Morgan fingerprint density at radius 2 is 1.97 bits per heavy atom. The monoisotopic (exact) mass is 554 g/mol. The number of fused-ring (bicyclic) bond motifs is 1. The maximum Gasteiger partial charge on any atom is 0.263 e. The minimum absolute atomic E-state index is 0.00945. The lowest BCUT2D eigenvalue weighted by Gasteiger charge is -2.20. The molecule has 5 N–H and O–H groups in total. The van der Waals surface area contributed by atoms with Gasteiger partial charge in [-0.15, -0.1) is 0 Å². The molecule has 2 aromatic heterocycles. The van der Waals surface area contributed by atoms with Gasteiger partial charge < -0.3 is 11.5 Å². The smallest absolute Gasteiger partial charge is 0.263 e. The molecular formula is C27H28ClFN6O2S. The van der Waals surface area contributed by atoms with Crippen molar-refractivity contribution in [2.24, 2.45) is 5.73 Å². The maximum atomic E-state index is 15.3. The van der Waals surface area contributed by atoms with E-state index in [-0.39, 0.29) is 33.5 Å². The minimum atomic E-state index is -4.10. The molecular weight excluding hydrogens is 527 g/mol. The van der Waals surface area contributed by atoms with E-state index in [4.69, 9.17) is 28.2 Å². The molecule has 2 aromatic carbocycles. The predicted molar refractivity (Wildman–Crippen MR) is 150 cm³/mol. The van der Waals surface area contributed by atoms with Crippen molar-refractivity contribution in [1.29, 1.82) is 0 Å². The number of halogens is 2. The van der Waals surface area contributed by atoms with E-state index in [1.165, 1.54) is 24.3 Å². The number of hydrogen-bond donors (Lipinski definition) is 3. The first kappa shape index (κ1) is 26.1. The summed E-state index contributed by atoms with van der Waals surface area (Å²) in [4.78, 5) is 4.30. The fourth-order valence-corrected chi connectivity index (χ4v) is 6.30. The average molecular weight is 555 g/mol. The van der Waals surface area contributed by atoms with Crippen molar-refractivity contribution in [2.75, 3.05) is 10.5 Å². The number of allylic oxidation sites excluding steroid dienone is 1. The second-order valence-corrected chi connectivity index (χ2v) is 11.7. The van der Waals surface area contributed by atoms with Crippen LogP contribution in [0, 0.1) is 5.82 Å². The van der Waals surface area contributed by atoms with E-state index in [9.17, 15) is 8.42 Å². The third kappa shape index (κ3) is 4.75. The van der Waals surface area contributed by atoms with Crippen molar-refractivity contribution in [3.8, 4) is 11.3 Å². The van der Waals surface area contributed by atoms with Crippen LogP contribution < -0.4 is 16.2 Å². The highest BCUT2D eigenvalue weighted by Gasteiger charge is 2.25. The number of anilines is 2. The van der Waals surface area contributed by atoms with E-state index in [2.05, 4.69) is 15.8 Å². The lowest BCUT2D eigenvalue weighted by atomic mass is 9.90. The fourth-order valence-electron chi connectivity index (χ4n) is 4.71. The molecule has 8 nitrogen and oxygen atoms in total. The first-order valence-corrected chi connectivity index (χ1v) is 14.1. The van der Waals surface area contributed by atoms with Crippen molar-refractivity contribution in [3.63, 3.8) is 0 Å². The normalized spacial score (nSPS) is 16.2. The van der Waals surface area contributed by atoms with Gasteiger partial charge >= 0.3 is 0 Å². The number of rotatable bonds is 6. The zero-order valence-corrected chi connectivity index (χ0v) is 22.5. The molecule has 1 atom stereocenters. The summed E-state index contributed by atoms with van der Waals surface area (Å²) in [6.45, 7) is 4.02. The van der Waals surface area contributed by atoms with Gasteiger partial charge in [0.1, 0.15) is 22.2 Å². The molecule has 0 aliphatic heterocycles. The molecule has 11 heteroatoms. The molecule has 0 spiro atoms. The summed E-state index contributed by atoms with van der Waals surface area (Å²) in [5.74, 6) is -0.486. The van der Waals surface area contributed by atoms with E-state index in [0.29, 0.717) is 16.6 Å². The van der Waals surface area contributed by atoms with E-state index < -0.39 is 15.8 Å². The van der Waals surface area contributed by atoms with Gasteiger partial charge in [-0.3, -0.25) is 9.40 Å². The largest absolute Gasteiger partial charge is 0.383 e. The van der Waals surface area contributed by atoms with Crippen molar-refractivity contribution >= 4 is 49.6 Å². The molecule has 5 rings (SSSR count). The average Bonchev–Trinajstić information content (AvgIpc) is 3.28. The number of aromatic nitrogens is 3. The molecule has 0 fully saturated rings. The summed E-state index contributed by atoms with van der Waals surface area (Å²) in [6, 6.07) is 10.3. The lowest BCUT2D eigenvalue weighted by molar-refractivity contribution is 0.551. The summed E-state index contributed by atoms with van der Waals surface area (Å²) in [5, 5.41) is 5.48. The molecule has 0 bridgehead atoms.